The molecule has 4 nitrogen and oxygen atoms in total. The number of amides is 1. The maximum atomic E-state index is 11.0. The lowest BCUT2D eigenvalue weighted by Crippen LogP contribution is -2.25. The van der Waals surface area contributed by atoms with Gasteiger partial charge in [-0.25, -0.2) is 4.79 Å². The van der Waals surface area contributed by atoms with Gasteiger partial charge in [-0.15, -0.1) is 0 Å². The number of ether oxygens (including phenoxy) is 1. The van der Waals surface area contributed by atoms with Crippen LogP contribution in [0.3, 0.4) is 0 Å². The van der Waals surface area contributed by atoms with Crippen LogP contribution in [-0.2, 0) is 9.84 Å². The van der Waals surface area contributed by atoms with Crippen LogP contribution < -0.4 is 4.90 Å². The van der Waals surface area contributed by atoms with E-state index in [0.717, 1.165) is 0 Å². The van der Waals surface area contributed by atoms with Gasteiger partial charge in [0.2, 0.25) is 0 Å². The average Bonchev–Trinajstić information content (AvgIpc) is 2.17. The summed E-state index contributed by atoms with van der Waals surface area (Å²) < 4.78 is 4.51. The zero-order valence-electron chi connectivity index (χ0n) is 7.48. The average molecular weight is 180 g/mol. The molecule has 0 heterocycles. The van der Waals surface area contributed by atoms with E-state index in [1.165, 1.54) is 24.1 Å². The minimum absolute atomic E-state index is 0.0815. The topological polar surface area (TPSA) is 49.4 Å². The van der Waals surface area contributed by atoms with Gasteiger partial charge in [0.05, 0.1) is 7.11 Å². The highest BCUT2D eigenvalue weighted by Crippen LogP contribution is 2.17. The molecule has 0 saturated carbocycles. The molecule has 0 fully saturated rings. The minimum Gasteiger partial charge on any atom is -0.452 e. The number of carbonyl (C=O) groups is 1. The van der Waals surface area contributed by atoms with Gasteiger partial charge in [0.25, 0.3) is 0 Å². The Labute approximate surface area is 76.4 Å². The largest absolute Gasteiger partial charge is 0.452 e. The summed E-state index contributed by atoms with van der Waals surface area (Å²) in [7, 11) is 2.88. The first-order chi connectivity index (χ1) is 6.15. The molecule has 0 aliphatic carbocycles. The lowest BCUT2D eigenvalue weighted by molar-refractivity contribution is 0.180. The third-order valence-electron chi connectivity index (χ3n) is 1.67. The molecule has 0 unspecified atom stereocenters. The van der Waals surface area contributed by atoms with Crippen LogP contribution in [0.2, 0.25) is 0 Å². The Morgan fingerprint density at radius 1 is 1.31 bits per heavy atom. The van der Waals surface area contributed by atoms with Crippen LogP contribution in [0.4, 0.5) is 10.5 Å². The fourth-order valence-corrected chi connectivity index (χ4v) is 0.912. The standard InChI is InChI=1S/C9H10NO3/c1-10(9(12)13-2)7-3-5-8(11)6-4-7/h3-6H,1-2H3. The molecule has 1 amide bonds. The van der Waals surface area contributed by atoms with E-state index in [2.05, 4.69) is 4.74 Å². The van der Waals surface area contributed by atoms with Gasteiger partial charge in [-0.1, -0.05) is 0 Å². The third-order valence-corrected chi connectivity index (χ3v) is 1.67. The van der Waals surface area contributed by atoms with Gasteiger partial charge in [0.1, 0.15) is 0 Å². The molecule has 0 aliphatic heterocycles. The smallest absolute Gasteiger partial charge is 0.413 e. The van der Waals surface area contributed by atoms with E-state index in [0.29, 0.717) is 5.69 Å². The predicted molar refractivity (Wildman–Crippen MR) is 47.4 cm³/mol. The van der Waals surface area contributed by atoms with Crippen molar-refractivity contribution in [3.63, 3.8) is 0 Å². The summed E-state index contributed by atoms with van der Waals surface area (Å²) in [6.07, 6.45) is -0.460. The summed E-state index contributed by atoms with van der Waals surface area (Å²) >= 11 is 0. The zero-order valence-corrected chi connectivity index (χ0v) is 7.48. The summed E-state index contributed by atoms with van der Waals surface area (Å²) in [6.45, 7) is 0. The molecule has 1 rings (SSSR count). The van der Waals surface area contributed by atoms with E-state index in [9.17, 15) is 9.90 Å². The van der Waals surface area contributed by atoms with Crippen LogP contribution in [0.25, 0.3) is 0 Å². The SMILES string of the molecule is COC(=O)N(C)c1ccc([O])cc1. The Balaban J connectivity index is 2.83. The van der Waals surface area contributed by atoms with Gasteiger partial charge < -0.3 is 4.74 Å². The Morgan fingerprint density at radius 3 is 2.31 bits per heavy atom. The van der Waals surface area contributed by atoms with E-state index in [1.54, 1.807) is 19.2 Å². The lowest BCUT2D eigenvalue weighted by Gasteiger charge is -2.14. The Bertz CT molecular complexity index is 294. The van der Waals surface area contributed by atoms with Crippen LogP contribution in [0.1, 0.15) is 0 Å². The monoisotopic (exact) mass is 180 g/mol. The molecule has 0 spiro atoms. The Morgan fingerprint density at radius 2 is 1.85 bits per heavy atom. The maximum Gasteiger partial charge on any atom is 0.413 e. The molecule has 0 aliphatic rings. The van der Waals surface area contributed by atoms with Crippen LogP contribution in [-0.4, -0.2) is 20.3 Å². The molecule has 69 valence electrons. The predicted octanol–water partition coefficient (Wildman–Crippen LogP) is 2.03. The fraction of sp³-hybridized carbons (Fsp3) is 0.222. The van der Waals surface area contributed by atoms with Crippen molar-refractivity contribution in [2.45, 2.75) is 0 Å². The number of carbonyl (C=O) groups excluding carboxylic acids is 1. The van der Waals surface area contributed by atoms with E-state index in [-0.39, 0.29) is 5.75 Å². The number of benzene rings is 1. The first-order valence-corrected chi connectivity index (χ1v) is 3.74. The molecule has 0 atom stereocenters. The molecule has 13 heavy (non-hydrogen) atoms. The fourth-order valence-electron chi connectivity index (χ4n) is 0.912. The molecule has 0 N–H and O–H groups in total. The summed E-state index contributed by atoms with van der Waals surface area (Å²) in [5.41, 5.74) is 0.631. The van der Waals surface area contributed by atoms with Crippen LogP contribution in [0, 0.1) is 0 Å². The molecular weight excluding hydrogens is 170 g/mol. The Hall–Kier alpha value is -1.71. The highest BCUT2D eigenvalue weighted by molar-refractivity contribution is 5.86. The van der Waals surface area contributed by atoms with Crippen LogP contribution >= 0.6 is 0 Å². The highest BCUT2D eigenvalue weighted by Gasteiger charge is 2.09. The molecule has 0 saturated heterocycles. The van der Waals surface area contributed by atoms with Crippen molar-refractivity contribution in [3.05, 3.63) is 24.3 Å². The molecule has 4 heteroatoms. The van der Waals surface area contributed by atoms with Gasteiger partial charge in [0.15, 0.2) is 5.75 Å². The quantitative estimate of drug-likeness (QED) is 0.663. The molecule has 1 radical (unpaired) electrons. The Kier molecular flexibility index (Phi) is 2.74. The summed E-state index contributed by atoms with van der Waals surface area (Å²) in [4.78, 5) is 12.3. The first-order valence-electron chi connectivity index (χ1n) is 3.74. The van der Waals surface area contributed by atoms with E-state index in [1.807, 2.05) is 0 Å². The summed E-state index contributed by atoms with van der Waals surface area (Å²) in [5, 5.41) is 10.7. The van der Waals surface area contributed by atoms with E-state index < -0.39 is 6.09 Å². The summed E-state index contributed by atoms with van der Waals surface area (Å²) in [6, 6.07) is 5.93. The van der Waals surface area contributed by atoms with Crippen molar-refractivity contribution < 1.29 is 14.6 Å². The zero-order chi connectivity index (χ0) is 9.84. The second-order valence-corrected chi connectivity index (χ2v) is 2.52. The number of hydrogen-bond acceptors (Lipinski definition) is 2. The number of nitrogens with zero attached hydrogens (tertiary/aromatic N) is 1. The molecule has 0 aromatic heterocycles. The van der Waals surface area contributed by atoms with Crippen molar-refractivity contribution >= 4 is 11.8 Å². The van der Waals surface area contributed by atoms with E-state index >= 15 is 0 Å². The van der Waals surface area contributed by atoms with Crippen molar-refractivity contribution in [2.75, 3.05) is 19.1 Å². The van der Waals surface area contributed by atoms with Crippen molar-refractivity contribution in [1.29, 1.82) is 0 Å². The minimum atomic E-state index is -0.460. The number of anilines is 1. The molecule has 1 aromatic rings. The highest BCUT2D eigenvalue weighted by atomic mass is 16.5. The summed E-state index contributed by atoms with van der Waals surface area (Å²) in [5.74, 6) is -0.0815. The van der Waals surface area contributed by atoms with Gasteiger partial charge in [-0.2, -0.15) is 0 Å². The maximum absolute atomic E-state index is 11.0. The second kappa shape index (κ2) is 3.80. The van der Waals surface area contributed by atoms with Gasteiger partial charge >= 0.3 is 6.09 Å². The van der Waals surface area contributed by atoms with Gasteiger partial charge in [-0.05, 0) is 24.3 Å². The van der Waals surface area contributed by atoms with Crippen LogP contribution in [0.15, 0.2) is 24.3 Å². The van der Waals surface area contributed by atoms with Crippen molar-refractivity contribution in [3.8, 4) is 5.75 Å². The van der Waals surface area contributed by atoms with Crippen molar-refractivity contribution in [2.24, 2.45) is 0 Å². The third kappa shape index (κ3) is 2.11. The second-order valence-electron chi connectivity index (χ2n) is 2.52. The first kappa shape index (κ1) is 9.38. The molecule has 1 aromatic carbocycles. The lowest BCUT2D eigenvalue weighted by atomic mass is 10.3. The molecule has 0 bridgehead atoms. The van der Waals surface area contributed by atoms with Crippen molar-refractivity contribution in [1.82, 2.24) is 0 Å². The normalized spacial score (nSPS) is 9.38. The van der Waals surface area contributed by atoms with Gasteiger partial charge in [-0.3, -0.25) is 10.0 Å². The van der Waals surface area contributed by atoms with Gasteiger partial charge in [0, 0.05) is 12.7 Å². The number of methoxy groups -OCH3 is 1. The van der Waals surface area contributed by atoms with Crippen LogP contribution in [0.5, 0.6) is 5.75 Å². The van der Waals surface area contributed by atoms with E-state index in [4.69, 9.17) is 0 Å². The number of hydrogen-bond donors (Lipinski definition) is 0. The number of rotatable bonds is 1. The molecular formula is C9H10NO3.